The van der Waals surface area contributed by atoms with Crippen LogP contribution in [0.1, 0.15) is 17.0 Å². The third kappa shape index (κ3) is 4.24. The summed E-state index contributed by atoms with van der Waals surface area (Å²) in [6.45, 7) is 2.74. The summed E-state index contributed by atoms with van der Waals surface area (Å²) in [5.41, 5.74) is -1.25. The van der Waals surface area contributed by atoms with Gasteiger partial charge in [0.25, 0.3) is 5.56 Å². The Kier molecular flexibility index (Phi) is 5.83. The summed E-state index contributed by atoms with van der Waals surface area (Å²) in [6, 6.07) is 1.87. The van der Waals surface area contributed by atoms with E-state index in [0.29, 0.717) is 0 Å². The molecular formula is C16H16F4N4O2S. The SMILES string of the molecule is CNc1nc(C)n(-c2cc(S(=O)CC(F)(F)F)c(C)cc2F)c(=O)c1C=N. The molecule has 1 aromatic heterocycles. The largest absolute Gasteiger partial charge is 0.400 e. The second kappa shape index (κ2) is 7.59. The first kappa shape index (κ1) is 20.7. The van der Waals surface area contributed by atoms with Crippen molar-refractivity contribution in [1.82, 2.24) is 9.55 Å². The van der Waals surface area contributed by atoms with Crippen LogP contribution < -0.4 is 10.9 Å². The lowest BCUT2D eigenvalue weighted by molar-refractivity contribution is -0.105. The first-order valence-electron chi connectivity index (χ1n) is 7.57. The minimum Gasteiger partial charge on any atom is -0.372 e. The molecule has 0 aliphatic carbocycles. The summed E-state index contributed by atoms with van der Waals surface area (Å²) in [6.07, 6.45) is -3.92. The van der Waals surface area contributed by atoms with Crippen LogP contribution in [0.25, 0.3) is 5.69 Å². The molecule has 0 fully saturated rings. The van der Waals surface area contributed by atoms with Crippen LogP contribution in [-0.4, -0.2) is 39.0 Å². The predicted molar refractivity (Wildman–Crippen MR) is 94.0 cm³/mol. The molecule has 0 amide bonds. The van der Waals surface area contributed by atoms with Crippen LogP contribution in [0.5, 0.6) is 0 Å². The van der Waals surface area contributed by atoms with Gasteiger partial charge in [-0.25, -0.2) is 9.37 Å². The second-order valence-electron chi connectivity index (χ2n) is 5.63. The lowest BCUT2D eigenvalue weighted by atomic mass is 10.2. The number of nitrogens with zero attached hydrogens (tertiary/aromatic N) is 2. The molecule has 0 spiro atoms. The van der Waals surface area contributed by atoms with Gasteiger partial charge in [-0.15, -0.1) is 0 Å². The van der Waals surface area contributed by atoms with Crippen molar-refractivity contribution in [2.24, 2.45) is 0 Å². The maximum atomic E-state index is 14.5. The Hall–Kier alpha value is -2.56. The molecule has 0 radical (unpaired) electrons. The molecule has 1 aromatic carbocycles. The monoisotopic (exact) mass is 404 g/mol. The molecule has 11 heteroatoms. The number of aromatic nitrogens is 2. The van der Waals surface area contributed by atoms with E-state index < -0.39 is 34.1 Å². The minimum absolute atomic E-state index is 0.0465. The van der Waals surface area contributed by atoms with Crippen LogP contribution >= 0.6 is 0 Å². The average Bonchev–Trinajstić information content (AvgIpc) is 2.54. The Balaban J connectivity index is 2.74. The maximum Gasteiger partial charge on any atom is 0.400 e. The highest BCUT2D eigenvalue weighted by molar-refractivity contribution is 7.85. The van der Waals surface area contributed by atoms with Crippen molar-refractivity contribution >= 4 is 22.8 Å². The summed E-state index contributed by atoms with van der Waals surface area (Å²) in [4.78, 5) is 16.5. The summed E-state index contributed by atoms with van der Waals surface area (Å²) < 4.78 is 65.2. The molecule has 2 aromatic rings. The molecule has 2 N–H and O–H groups in total. The smallest absolute Gasteiger partial charge is 0.372 e. The Morgan fingerprint density at radius 2 is 1.96 bits per heavy atom. The molecular weight excluding hydrogens is 388 g/mol. The number of benzene rings is 1. The number of aryl methyl sites for hydroxylation is 2. The van der Waals surface area contributed by atoms with Crippen LogP contribution in [0.15, 0.2) is 21.8 Å². The molecule has 0 aliphatic heterocycles. The van der Waals surface area contributed by atoms with E-state index in [-0.39, 0.29) is 33.4 Å². The number of hydrogen-bond donors (Lipinski definition) is 2. The number of alkyl halides is 3. The van der Waals surface area contributed by atoms with E-state index in [1.54, 1.807) is 0 Å². The molecule has 2 rings (SSSR count). The van der Waals surface area contributed by atoms with Gasteiger partial charge in [-0.05, 0) is 31.5 Å². The van der Waals surface area contributed by atoms with Gasteiger partial charge < -0.3 is 10.7 Å². The molecule has 6 nitrogen and oxygen atoms in total. The van der Waals surface area contributed by atoms with Gasteiger partial charge in [-0.3, -0.25) is 13.6 Å². The fraction of sp³-hybridized carbons (Fsp3) is 0.312. The first-order valence-corrected chi connectivity index (χ1v) is 8.89. The summed E-state index contributed by atoms with van der Waals surface area (Å²) in [5.74, 6) is -2.32. The molecule has 0 aliphatic rings. The third-order valence-electron chi connectivity index (χ3n) is 3.69. The predicted octanol–water partition coefficient (Wildman–Crippen LogP) is 2.70. The maximum absolute atomic E-state index is 14.5. The van der Waals surface area contributed by atoms with Crippen molar-refractivity contribution in [3.63, 3.8) is 0 Å². The Labute approximate surface area is 154 Å². The van der Waals surface area contributed by atoms with Gasteiger partial charge in [0.2, 0.25) is 0 Å². The zero-order chi connectivity index (χ0) is 20.5. The van der Waals surface area contributed by atoms with Gasteiger partial charge in [0.05, 0.1) is 16.5 Å². The number of rotatable bonds is 5. The number of nitrogens with one attached hydrogen (secondary N) is 2. The summed E-state index contributed by atoms with van der Waals surface area (Å²) in [7, 11) is -0.978. The first-order chi connectivity index (χ1) is 12.5. The normalized spacial score (nSPS) is 12.7. The molecule has 1 atom stereocenters. The highest BCUT2D eigenvalue weighted by Gasteiger charge is 2.32. The zero-order valence-corrected chi connectivity index (χ0v) is 15.4. The number of anilines is 1. The standard InChI is InChI=1S/C16H16F4N4O2S/c1-8-4-11(17)12(5-13(8)27(26)7-16(18,19)20)24-9(2)23-14(22-3)10(6-21)15(24)25/h4-6,21-22H,7H2,1-3H3. The van der Waals surface area contributed by atoms with Crippen molar-refractivity contribution in [3.8, 4) is 5.69 Å². The van der Waals surface area contributed by atoms with Crippen LogP contribution in [0.2, 0.25) is 0 Å². The average molecular weight is 404 g/mol. The lowest BCUT2D eigenvalue weighted by Crippen LogP contribution is -2.28. The van der Waals surface area contributed by atoms with Crippen molar-refractivity contribution in [2.45, 2.75) is 24.9 Å². The number of halogens is 4. The molecule has 0 bridgehead atoms. The van der Waals surface area contributed by atoms with E-state index in [4.69, 9.17) is 5.41 Å². The van der Waals surface area contributed by atoms with Gasteiger partial charge in [0, 0.05) is 18.2 Å². The van der Waals surface area contributed by atoms with Gasteiger partial charge >= 0.3 is 6.18 Å². The van der Waals surface area contributed by atoms with Crippen LogP contribution in [0.4, 0.5) is 23.4 Å². The molecule has 1 unspecified atom stereocenters. The van der Waals surface area contributed by atoms with Gasteiger partial charge in [-0.1, -0.05) is 0 Å². The van der Waals surface area contributed by atoms with Crippen molar-refractivity contribution in [3.05, 3.63) is 45.3 Å². The fourth-order valence-electron chi connectivity index (χ4n) is 2.53. The Bertz CT molecular complexity index is 986. The van der Waals surface area contributed by atoms with E-state index >= 15 is 0 Å². The van der Waals surface area contributed by atoms with Crippen molar-refractivity contribution in [2.75, 3.05) is 18.1 Å². The van der Waals surface area contributed by atoms with Crippen LogP contribution in [0.3, 0.4) is 0 Å². The van der Waals surface area contributed by atoms with Crippen molar-refractivity contribution < 1.29 is 21.8 Å². The molecule has 146 valence electrons. The highest BCUT2D eigenvalue weighted by Crippen LogP contribution is 2.26. The summed E-state index contributed by atoms with van der Waals surface area (Å²) in [5, 5.41) is 10.0. The quantitative estimate of drug-likeness (QED) is 0.593. The van der Waals surface area contributed by atoms with Gasteiger partial charge in [-0.2, -0.15) is 13.2 Å². The van der Waals surface area contributed by atoms with Crippen LogP contribution in [0, 0.1) is 25.1 Å². The van der Waals surface area contributed by atoms with Gasteiger partial charge in [0.15, 0.2) is 0 Å². The third-order valence-corrected chi connectivity index (χ3v) is 5.21. The van der Waals surface area contributed by atoms with Crippen molar-refractivity contribution in [1.29, 1.82) is 5.41 Å². The topological polar surface area (TPSA) is 87.8 Å². The Morgan fingerprint density at radius 1 is 1.33 bits per heavy atom. The van der Waals surface area contributed by atoms with Gasteiger partial charge in [0.1, 0.15) is 28.8 Å². The number of hydrogen-bond acceptors (Lipinski definition) is 5. The highest BCUT2D eigenvalue weighted by atomic mass is 32.2. The molecule has 27 heavy (non-hydrogen) atoms. The van der Waals surface area contributed by atoms with E-state index in [9.17, 15) is 26.6 Å². The van der Waals surface area contributed by atoms with E-state index in [0.717, 1.165) is 22.9 Å². The summed E-state index contributed by atoms with van der Waals surface area (Å²) >= 11 is 0. The fourth-order valence-corrected chi connectivity index (χ4v) is 3.64. The zero-order valence-electron chi connectivity index (χ0n) is 14.6. The molecule has 0 saturated heterocycles. The van der Waals surface area contributed by atoms with E-state index in [1.165, 1.54) is 20.9 Å². The molecule has 0 saturated carbocycles. The minimum atomic E-state index is -4.66. The van der Waals surface area contributed by atoms with Crippen LogP contribution in [-0.2, 0) is 10.8 Å². The van der Waals surface area contributed by atoms with E-state index in [2.05, 4.69) is 10.3 Å². The lowest BCUT2D eigenvalue weighted by Gasteiger charge is -2.16. The molecule has 1 heterocycles. The Morgan fingerprint density at radius 3 is 2.48 bits per heavy atom. The van der Waals surface area contributed by atoms with E-state index in [1.807, 2.05) is 0 Å². The second-order valence-corrected chi connectivity index (χ2v) is 7.05.